The summed E-state index contributed by atoms with van der Waals surface area (Å²) in [6.07, 6.45) is 8.75. The quantitative estimate of drug-likeness (QED) is 0.822. The van der Waals surface area contributed by atoms with Crippen molar-refractivity contribution in [2.45, 2.75) is 57.4 Å². The average molecular weight is 217 g/mol. The van der Waals surface area contributed by atoms with Crippen LogP contribution in [0.25, 0.3) is 0 Å². The molecule has 1 saturated carbocycles. The Labute approximate surface area is 99.0 Å². The summed E-state index contributed by atoms with van der Waals surface area (Å²) in [6, 6.07) is 8.81. The maximum absolute atomic E-state index is 6.44. The summed E-state index contributed by atoms with van der Waals surface area (Å²) in [5.41, 5.74) is 9.37. The van der Waals surface area contributed by atoms with Gasteiger partial charge in [0.2, 0.25) is 0 Å². The molecule has 0 aromatic heterocycles. The second-order valence-electron chi connectivity index (χ2n) is 5.41. The fourth-order valence-corrected chi connectivity index (χ4v) is 2.77. The van der Waals surface area contributed by atoms with Crippen molar-refractivity contribution < 1.29 is 0 Å². The molecule has 0 amide bonds. The molecule has 1 aromatic carbocycles. The predicted molar refractivity (Wildman–Crippen MR) is 69.5 cm³/mol. The molecule has 1 fully saturated rings. The summed E-state index contributed by atoms with van der Waals surface area (Å²) in [5, 5.41) is 0. The molecular formula is C15H23N. The minimum atomic E-state index is 0.127. The third-order valence-corrected chi connectivity index (χ3v) is 3.84. The summed E-state index contributed by atoms with van der Waals surface area (Å²) in [6.45, 7) is 2.16. The first kappa shape index (κ1) is 11.7. The van der Waals surface area contributed by atoms with Crippen LogP contribution in [0.1, 0.15) is 49.7 Å². The summed E-state index contributed by atoms with van der Waals surface area (Å²) >= 11 is 0. The monoisotopic (exact) mass is 217 g/mol. The van der Waals surface area contributed by atoms with E-state index < -0.39 is 0 Å². The van der Waals surface area contributed by atoms with E-state index in [1.54, 1.807) is 0 Å². The van der Waals surface area contributed by atoms with Gasteiger partial charge in [-0.05, 0) is 38.2 Å². The molecule has 1 aromatic rings. The van der Waals surface area contributed by atoms with Gasteiger partial charge in [0.25, 0.3) is 0 Å². The molecule has 2 N–H and O–H groups in total. The zero-order valence-electron chi connectivity index (χ0n) is 10.3. The number of aryl methyl sites for hydroxylation is 2. The van der Waals surface area contributed by atoms with Gasteiger partial charge in [0.1, 0.15) is 0 Å². The summed E-state index contributed by atoms with van der Waals surface area (Å²) in [4.78, 5) is 0. The smallest absolute Gasteiger partial charge is 0.0157 e. The lowest BCUT2D eigenvalue weighted by atomic mass is 9.79. The van der Waals surface area contributed by atoms with Gasteiger partial charge in [-0.1, -0.05) is 49.1 Å². The van der Waals surface area contributed by atoms with Crippen molar-refractivity contribution in [1.82, 2.24) is 0 Å². The fraction of sp³-hybridized carbons (Fsp3) is 0.600. The molecule has 1 aliphatic carbocycles. The predicted octanol–water partition coefficient (Wildman–Crippen LogP) is 3.59. The van der Waals surface area contributed by atoms with Crippen LogP contribution in [0.4, 0.5) is 0 Å². The van der Waals surface area contributed by atoms with Crippen molar-refractivity contribution in [1.29, 1.82) is 0 Å². The van der Waals surface area contributed by atoms with E-state index in [-0.39, 0.29) is 5.54 Å². The van der Waals surface area contributed by atoms with E-state index >= 15 is 0 Å². The SMILES string of the molecule is Cc1cccc(CCC2(N)CCCCC2)c1. The summed E-state index contributed by atoms with van der Waals surface area (Å²) in [7, 11) is 0. The molecule has 16 heavy (non-hydrogen) atoms. The molecule has 2 rings (SSSR count). The first-order chi connectivity index (χ1) is 7.68. The van der Waals surface area contributed by atoms with Crippen LogP contribution in [-0.4, -0.2) is 5.54 Å². The molecule has 0 spiro atoms. The Kier molecular flexibility index (Phi) is 3.65. The van der Waals surface area contributed by atoms with Crippen LogP contribution < -0.4 is 5.73 Å². The molecule has 0 radical (unpaired) electrons. The van der Waals surface area contributed by atoms with E-state index in [1.165, 1.54) is 43.2 Å². The van der Waals surface area contributed by atoms with E-state index in [1.807, 2.05) is 0 Å². The zero-order valence-corrected chi connectivity index (χ0v) is 10.3. The van der Waals surface area contributed by atoms with Crippen LogP contribution in [0.5, 0.6) is 0 Å². The van der Waals surface area contributed by atoms with Crippen LogP contribution in [0.3, 0.4) is 0 Å². The number of hydrogen-bond donors (Lipinski definition) is 1. The molecule has 0 unspecified atom stereocenters. The molecule has 0 atom stereocenters. The second kappa shape index (κ2) is 5.01. The molecule has 1 heteroatoms. The highest BCUT2D eigenvalue weighted by Crippen LogP contribution is 2.29. The topological polar surface area (TPSA) is 26.0 Å². The Hall–Kier alpha value is -0.820. The number of rotatable bonds is 3. The van der Waals surface area contributed by atoms with Crippen molar-refractivity contribution in [3.8, 4) is 0 Å². The summed E-state index contributed by atoms with van der Waals surface area (Å²) in [5.74, 6) is 0. The Morgan fingerprint density at radius 1 is 1.19 bits per heavy atom. The van der Waals surface area contributed by atoms with Crippen molar-refractivity contribution in [2.24, 2.45) is 5.73 Å². The third-order valence-electron chi connectivity index (χ3n) is 3.84. The van der Waals surface area contributed by atoms with Gasteiger partial charge in [-0.15, -0.1) is 0 Å². The highest BCUT2D eigenvalue weighted by atomic mass is 14.7. The van der Waals surface area contributed by atoms with E-state index in [0.29, 0.717) is 0 Å². The first-order valence-electron chi connectivity index (χ1n) is 6.52. The second-order valence-corrected chi connectivity index (χ2v) is 5.41. The van der Waals surface area contributed by atoms with Crippen molar-refractivity contribution in [2.75, 3.05) is 0 Å². The fourth-order valence-electron chi connectivity index (χ4n) is 2.77. The number of nitrogens with two attached hydrogens (primary N) is 1. The molecule has 0 aliphatic heterocycles. The van der Waals surface area contributed by atoms with E-state index in [0.717, 1.165) is 12.8 Å². The highest BCUT2D eigenvalue weighted by Gasteiger charge is 2.26. The molecule has 0 bridgehead atoms. The zero-order chi connectivity index (χ0) is 11.4. The van der Waals surface area contributed by atoms with Gasteiger partial charge in [0, 0.05) is 5.54 Å². The normalized spacial score (nSPS) is 19.6. The van der Waals surface area contributed by atoms with Crippen LogP contribution in [-0.2, 0) is 6.42 Å². The number of benzene rings is 1. The first-order valence-corrected chi connectivity index (χ1v) is 6.52. The highest BCUT2D eigenvalue weighted by molar-refractivity contribution is 5.22. The van der Waals surface area contributed by atoms with E-state index in [2.05, 4.69) is 31.2 Å². The third kappa shape index (κ3) is 3.08. The maximum atomic E-state index is 6.44. The van der Waals surface area contributed by atoms with Gasteiger partial charge >= 0.3 is 0 Å². The van der Waals surface area contributed by atoms with Crippen molar-refractivity contribution >= 4 is 0 Å². The van der Waals surface area contributed by atoms with Crippen LogP contribution in [0.15, 0.2) is 24.3 Å². The molecular weight excluding hydrogens is 194 g/mol. The summed E-state index contributed by atoms with van der Waals surface area (Å²) < 4.78 is 0. The van der Waals surface area contributed by atoms with Crippen LogP contribution >= 0.6 is 0 Å². The van der Waals surface area contributed by atoms with Crippen molar-refractivity contribution in [3.63, 3.8) is 0 Å². The standard InChI is InChI=1S/C15H23N/c1-13-6-5-7-14(12-13)8-11-15(16)9-3-2-4-10-15/h5-7,12H,2-4,8-11,16H2,1H3. The van der Waals surface area contributed by atoms with Gasteiger partial charge in [0.05, 0.1) is 0 Å². The van der Waals surface area contributed by atoms with Gasteiger partial charge in [0.15, 0.2) is 0 Å². The van der Waals surface area contributed by atoms with Crippen LogP contribution in [0.2, 0.25) is 0 Å². The van der Waals surface area contributed by atoms with E-state index in [9.17, 15) is 0 Å². The van der Waals surface area contributed by atoms with Gasteiger partial charge < -0.3 is 5.73 Å². The minimum Gasteiger partial charge on any atom is -0.325 e. The lowest BCUT2D eigenvalue weighted by Crippen LogP contribution is -2.42. The molecule has 0 heterocycles. The molecule has 1 nitrogen and oxygen atoms in total. The molecule has 88 valence electrons. The molecule has 0 saturated heterocycles. The van der Waals surface area contributed by atoms with Crippen LogP contribution in [0, 0.1) is 6.92 Å². The average Bonchev–Trinajstić information content (AvgIpc) is 2.28. The van der Waals surface area contributed by atoms with Gasteiger partial charge in [-0.3, -0.25) is 0 Å². The Balaban J connectivity index is 1.91. The Morgan fingerprint density at radius 3 is 2.62 bits per heavy atom. The number of hydrogen-bond acceptors (Lipinski definition) is 1. The van der Waals surface area contributed by atoms with Gasteiger partial charge in [-0.2, -0.15) is 0 Å². The van der Waals surface area contributed by atoms with E-state index in [4.69, 9.17) is 5.73 Å². The maximum Gasteiger partial charge on any atom is 0.0157 e. The lowest BCUT2D eigenvalue weighted by molar-refractivity contribution is 0.278. The molecule has 1 aliphatic rings. The largest absolute Gasteiger partial charge is 0.325 e. The minimum absolute atomic E-state index is 0.127. The van der Waals surface area contributed by atoms with Crippen molar-refractivity contribution in [3.05, 3.63) is 35.4 Å². The lowest BCUT2D eigenvalue weighted by Gasteiger charge is -2.33. The Morgan fingerprint density at radius 2 is 1.94 bits per heavy atom. The Bertz CT molecular complexity index is 337. The van der Waals surface area contributed by atoms with Gasteiger partial charge in [-0.25, -0.2) is 0 Å².